The number of fused-ring (bicyclic) bond motifs is 4. The van der Waals surface area contributed by atoms with Gasteiger partial charge in [-0.25, -0.2) is 9.83 Å². The zero-order valence-electron chi connectivity index (χ0n) is 45.1. The molecule has 1 aliphatic heterocycles. The molecule has 0 saturated carbocycles. The Kier molecular flexibility index (Phi) is 13.9. The molecule has 7 aromatic carbocycles. The minimum Gasteiger partial charge on any atom is -0.509 e. The van der Waals surface area contributed by atoms with Crippen LogP contribution >= 0.6 is 0 Å². The van der Waals surface area contributed by atoms with Crippen molar-refractivity contribution in [1.82, 2.24) is 9.55 Å². The number of para-hydroxylation sites is 3. The quantitative estimate of drug-likeness (QED) is 0.135. The molecule has 0 fully saturated rings. The van der Waals surface area contributed by atoms with Crippen LogP contribution in [0.2, 0.25) is 0 Å². The fraction of sp³-hybridized carbons (Fsp3) is 0.269. The maximum absolute atomic E-state index is 7.96. The molecule has 7 heteroatoms. The molecule has 0 N–H and O–H groups in total. The Hall–Kier alpha value is -6.93. The van der Waals surface area contributed by atoms with E-state index in [1.807, 2.05) is 18.3 Å². The van der Waals surface area contributed by atoms with E-state index in [9.17, 15) is 0 Å². The SMILES string of the molecule is [C-]#[N+]c1ccc(C(C)CC)c(-c2ccc(C)c(-c3cc(Oc4[c-]c5c(cc4)c4ccccc4n5-c4cc(C(C)(C)C)ccn4)[c-]c(N4[CH-]N(c5cc(C(C)(C)C)cc(C(C)(C)C)c5)c5ccccc54)c3)c2C)c1.[Pt]. The predicted octanol–water partition coefficient (Wildman–Crippen LogP) is 18.9. The summed E-state index contributed by atoms with van der Waals surface area (Å²) in [5.74, 6) is 2.29. The number of nitrogens with zero attached hydrogens (tertiary/aromatic N) is 5. The van der Waals surface area contributed by atoms with Crippen molar-refractivity contribution in [1.29, 1.82) is 0 Å². The zero-order chi connectivity index (χ0) is 51.7. The molecular weight excluding hydrogens is 1090 g/mol. The predicted molar refractivity (Wildman–Crippen MR) is 306 cm³/mol. The van der Waals surface area contributed by atoms with Gasteiger partial charge in [0.1, 0.15) is 5.82 Å². The van der Waals surface area contributed by atoms with Gasteiger partial charge >= 0.3 is 0 Å². The van der Waals surface area contributed by atoms with E-state index in [0.29, 0.717) is 23.1 Å². The third-order valence-electron chi connectivity index (χ3n) is 14.8. The molecule has 2 aromatic heterocycles. The second kappa shape index (κ2) is 19.7. The van der Waals surface area contributed by atoms with E-state index in [1.165, 1.54) is 22.3 Å². The number of pyridine rings is 1. The third kappa shape index (κ3) is 9.68. The minimum absolute atomic E-state index is 0. The van der Waals surface area contributed by atoms with Crippen molar-refractivity contribution in [3.8, 4) is 39.6 Å². The molecule has 1 aliphatic rings. The maximum Gasteiger partial charge on any atom is 0.187 e. The van der Waals surface area contributed by atoms with Crippen LogP contribution in [-0.2, 0) is 37.3 Å². The molecule has 0 radical (unpaired) electrons. The Balaban J connectivity index is 0.00000672. The zero-order valence-corrected chi connectivity index (χ0v) is 47.4. The first-order chi connectivity index (χ1) is 34.7. The van der Waals surface area contributed by atoms with Gasteiger partial charge in [0.05, 0.1) is 6.57 Å². The van der Waals surface area contributed by atoms with Gasteiger partial charge in [0, 0.05) is 61.3 Å². The molecule has 0 saturated heterocycles. The monoisotopic (exact) mass is 1150 g/mol. The van der Waals surface area contributed by atoms with Crippen LogP contribution in [0.3, 0.4) is 0 Å². The van der Waals surface area contributed by atoms with Gasteiger partial charge in [0.15, 0.2) is 5.69 Å². The van der Waals surface area contributed by atoms with Gasteiger partial charge < -0.3 is 19.1 Å². The van der Waals surface area contributed by atoms with Crippen molar-refractivity contribution in [3.63, 3.8) is 0 Å². The van der Waals surface area contributed by atoms with E-state index in [2.05, 4.69) is 249 Å². The van der Waals surface area contributed by atoms with Crippen molar-refractivity contribution in [2.75, 3.05) is 9.80 Å². The summed E-state index contributed by atoms with van der Waals surface area (Å²) in [5, 5.41) is 2.19. The van der Waals surface area contributed by atoms with Crippen LogP contribution in [0.25, 0.3) is 54.7 Å². The van der Waals surface area contributed by atoms with Crippen LogP contribution in [0, 0.1) is 39.2 Å². The third-order valence-corrected chi connectivity index (χ3v) is 14.8. The Bertz CT molecular complexity index is 3620. The van der Waals surface area contributed by atoms with Crippen molar-refractivity contribution >= 4 is 50.2 Å². The standard InChI is InChI=1S/C67H66N5O.Pt/c1-15-42(2)54-28-25-49(68-14)38-58(54)55-27-24-43(3)64(44(55)4)45-32-50(70-41-71(61-23-19-18-22-60(61)70)51-35-47(66(8,9)10)34-48(36-51)67(11,12)13)39-53(33-45)73-52-26-29-57-56-20-16-17-21-59(56)72(62(57)40-52)63-37-46(30-31-69-63)65(5,6)7;/h16-38,41-42H,15H2,1-13H3;/q-3;. The van der Waals surface area contributed by atoms with E-state index < -0.39 is 0 Å². The average Bonchev–Trinajstić information content (AvgIpc) is 3.91. The summed E-state index contributed by atoms with van der Waals surface area (Å²) in [6, 6.07) is 55.1. The Morgan fingerprint density at radius 3 is 2.01 bits per heavy atom. The first-order valence-electron chi connectivity index (χ1n) is 25.7. The van der Waals surface area contributed by atoms with Crippen LogP contribution in [0.1, 0.15) is 122 Å². The number of hydrogen-bond donors (Lipinski definition) is 0. The summed E-state index contributed by atoms with van der Waals surface area (Å²) in [6.07, 6.45) is 2.90. The van der Waals surface area contributed by atoms with Gasteiger partial charge in [-0.05, 0) is 146 Å². The number of aromatic nitrogens is 2. The van der Waals surface area contributed by atoms with Gasteiger partial charge in [0.2, 0.25) is 0 Å². The summed E-state index contributed by atoms with van der Waals surface area (Å²) in [6.45, 7) is 39.5. The molecule has 9 aromatic rings. The molecule has 0 bridgehead atoms. The van der Waals surface area contributed by atoms with E-state index in [4.69, 9.17) is 16.3 Å². The molecule has 0 aliphatic carbocycles. The minimum atomic E-state index is -0.0582. The average molecular weight is 1150 g/mol. The fourth-order valence-corrected chi connectivity index (χ4v) is 10.4. The first-order valence-corrected chi connectivity index (χ1v) is 25.7. The van der Waals surface area contributed by atoms with Crippen LogP contribution in [0.5, 0.6) is 11.5 Å². The molecule has 1 unspecified atom stereocenters. The Morgan fingerprint density at radius 1 is 0.662 bits per heavy atom. The van der Waals surface area contributed by atoms with E-state index in [0.717, 1.165) is 90.2 Å². The molecule has 378 valence electrons. The number of hydrogen-bond acceptors (Lipinski definition) is 4. The van der Waals surface area contributed by atoms with E-state index in [-0.39, 0.29) is 37.3 Å². The van der Waals surface area contributed by atoms with Crippen LogP contribution in [0.15, 0.2) is 140 Å². The summed E-state index contributed by atoms with van der Waals surface area (Å²) in [4.78, 5) is 13.4. The summed E-state index contributed by atoms with van der Waals surface area (Å²) in [5.41, 5.74) is 18.1. The molecule has 1 atom stereocenters. The van der Waals surface area contributed by atoms with Gasteiger partial charge in [-0.3, -0.25) is 0 Å². The molecular formula is C67H66N5OPt-3. The summed E-state index contributed by atoms with van der Waals surface area (Å²) < 4.78 is 9.28. The topological polar surface area (TPSA) is 37.9 Å². The number of ether oxygens (including phenoxy) is 1. The van der Waals surface area contributed by atoms with Crippen LogP contribution < -0.4 is 14.5 Å². The number of rotatable bonds is 9. The number of anilines is 4. The molecule has 6 nitrogen and oxygen atoms in total. The largest absolute Gasteiger partial charge is 0.509 e. The second-order valence-electron chi connectivity index (χ2n) is 23.0. The second-order valence-corrected chi connectivity index (χ2v) is 23.0. The van der Waals surface area contributed by atoms with E-state index >= 15 is 0 Å². The van der Waals surface area contributed by atoms with Crippen LogP contribution in [-0.4, -0.2) is 9.55 Å². The van der Waals surface area contributed by atoms with Gasteiger partial charge in [-0.2, -0.15) is 6.07 Å². The molecule has 3 heterocycles. The van der Waals surface area contributed by atoms with Crippen molar-refractivity contribution in [2.24, 2.45) is 0 Å². The smallest absolute Gasteiger partial charge is 0.187 e. The number of aryl methyl sites for hydroxylation is 1. The van der Waals surface area contributed by atoms with Gasteiger partial charge in [-0.15, -0.1) is 53.6 Å². The summed E-state index contributed by atoms with van der Waals surface area (Å²) >= 11 is 0. The molecule has 0 amide bonds. The van der Waals surface area contributed by atoms with Crippen molar-refractivity contribution in [3.05, 3.63) is 203 Å². The Morgan fingerprint density at radius 2 is 1.34 bits per heavy atom. The van der Waals surface area contributed by atoms with E-state index in [1.54, 1.807) is 0 Å². The normalized spacial score (nSPS) is 13.2. The van der Waals surface area contributed by atoms with Gasteiger partial charge in [0.25, 0.3) is 0 Å². The number of benzene rings is 7. The van der Waals surface area contributed by atoms with Crippen molar-refractivity contribution in [2.45, 2.75) is 119 Å². The first kappa shape index (κ1) is 52.0. The van der Waals surface area contributed by atoms with Gasteiger partial charge in [-0.1, -0.05) is 142 Å². The van der Waals surface area contributed by atoms with Crippen LogP contribution in [0.4, 0.5) is 28.4 Å². The maximum atomic E-state index is 7.96. The molecule has 74 heavy (non-hydrogen) atoms. The Labute approximate surface area is 454 Å². The fourth-order valence-electron chi connectivity index (χ4n) is 10.4. The molecule has 10 rings (SSSR count). The van der Waals surface area contributed by atoms with Crippen molar-refractivity contribution < 1.29 is 25.8 Å². The summed E-state index contributed by atoms with van der Waals surface area (Å²) in [7, 11) is 0. The molecule has 0 spiro atoms.